The SMILES string of the molecule is [C-]#[N+]c1ccc(NP(=O)(OCC)OCC)c(OC)c1. The number of nitrogens with one attached hydrogen (secondary N) is 1. The molecule has 0 saturated carbocycles. The molecule has 1 aromatic rings. The number of methoxy groups -OCH3 is 1. The van der Waals surface area contributed by atoms with Gasteiger partial charge in [-0.05, 0) is 26.0 Å². The molecule has 0 bridgehead atoms. The minimum atomic E-state index is -3.41. The van der Waals surface area contributed by atoms with Crippen molar-refractivity contribution in [2.24, 2.45) is 0 Å². The smallest absolute Gasteiger partial charge is 0.432 e. The summed E-state index contributed by atoms with van der Waals surface area (Å²) >= 11 is 0. The van der Waals surface area contributed by atoms with Crippen molar-refractivity contribution in [2.45, 2.75) is 13.8 Å². The second kappa shape index (κ2) is 7.15. The van der Waals surface area contributed by atoms with Gasteiger partial charge in [0.2, 0.25) is 0 Å². The highest BCUT2D eigenvalue weighted by atomic mass is 31.2. The molecule has 1 aromatic carbocycles. The van der Waals surface area contributed by atoms with E-state index < -0.39 is 7.75 Å². The second-order valence-corrected chi connectivity index (χ2v) is 5.18. The fourth-order valence-electron chi connectivity index (χ4n) is 1.43. The lowest BCUT2D eigenvalue weighted by Crippen LogP contribution is -2.05. The Morgan fingerprint density at radius 1 is 1.32 bits per heavy atom. The summed E-state index contributed by atoms with van der Waals surface area (Å²) in [6.45, 7) is 10.9. The Hall–Kier alpha value is -1.54. The maximum atomic E-state index is 12.3. The molecular formula is C12H17N2O4P. The van der Waals surface area contributed by atoms with E-state index in [0.29, 0.717) is 17.1 Å². The summed E-state index contributed by atoms with van der Waals surface area (Å²) in [6.07, 6.45) is 0. The molecule has 0 heterocycles. The highest BCUT2D eigenvalue weighted by Gasteiger charge is 2.25. The predicted molar refractivity (Wildman–Crippen MR) is 73.7 cm³/mol. The Bertz CT molecular complexity index is 503. The van der Waals surface area contributed by atoms with Crippen LogP contribution in [-0.2, 0) is 13.6 Å². The number of anilines is 1. The zero-order chi connectivity index (χ0) is 14.3. The van der Waals surface area contributed by atoms with Crippen molar-refractivity contribution in [1.82, 2.24) is 0 Å². The monoisotopic (exact) mass is 284 g/mol. The van der Waals surface area contributed by atoms with Crippen LogP contribution < -0.4 is 9.82 Å². The van der Waals surface area contributed by atoms with Crippen molar-refractivity contribution < 1.29 is 18.3 Å². The summed E-state index contributed by atoms with van der Waals surface area (Å²) in [6, 6.07) is 4.76. The third-order valence-electron chi connectivity index (χ3n) is 2.17. The van der Waals surface area contributed by atoms with Crippen LogP contribution in [0.5, 0.6) is 5.75 Å². The molecule has 6 nitrogen and oxygen atoms in total. The van der Waals surface area contributed by atoms with Gasteiger partial charge in [-0.1, -0.05) is 6.07 Å². The molecular weight excluding hydrogens is 267 g/mol. The topological polar surface area (TPSA) is 61.2 Å². The molecule has 0 atom stereocenters. The van der Waals surface area contributed by atoms with Gasteiger partial charge in [0.15, 0.2) is 5.69 Å². The summed E-state index contributed by atoms with van der Waals surface area (Å²) in [5.41, 5.74) is 0.894. The summed E-state index contributed by atoms with van der Waals surface area (Å²) in [7, 11) is -1.94. The molecule has 7 heteroatoms. The number of nitrogens with zero attached hydrogens (tertiary/aromatic N) is 1. The Balaban J connectivity index is 3.03. The highest BCUT2D eigenvalue weighted by molar-refractivity contribution is 7.55. The number of hydrogen-bond acceptors (Lipinski definition) is 4. The second-order valence-electron chi connectivity index (χ2n) is 3.44. The van der Waals surface area contributed by atoms with Gasteiger partial charge in [0.25, 0.3) is 0 Å². The van der Waals surface area contributed by atoms with Crippen LogP contribution in [-0.4, -0.2) is 20.3 Å². The van der Waals surface area contributed by atoms with E-state index in [1.807, 2.05) is 0 Å². The fraction of sp³-hybridized carbons (Fsp3) is 0.417. The van der Waals surface area contributed by atoms with Crippen LogP contribution in [0.1, 0.15) is 13.8 Å². The first kappa shape index (κ1) is 15.5. The lowest BCUT2D eigenvalue weighted by atomic mass is 10.2. The Morgan fingerprint density at radius 3 is 2.42 bits per heavy atom. The molecule has 0 unspecified atom stereocenters. The maximum absolute atomic E-state index is 12.3. The van der Waals surface area contributed by atoms with Gasteiger partial charge in [-0.25, -0.2) is 9.41 Å². The van der Waals surface area contributed by atoms with Gasteiger partial charge in [0.1, 0.15) is 5.75 Å². The highest BCUT2D eigenvalue weighted by Crippen LogP contribution is 2.49. The molecule has 0 aliphatic heterocycles. The summed E-state index contributed by atoms with van der Waals surface area (Å²) in [4.78, 5) is 3.30. The standard InChI is InChI=1S/C12H17N2O4P/c1-5-17-19(15,18-6-2)14-11-8-7-10(13-3)9-12(11)16-4/h7-9H,5-6H2,1-2,4H3,(H,14,15). The first-order chi connectivity index (χ1) is 9.08. The van der Waals surface area contributed by atoms with Crippen LogP contribution in [0.4, 0.5) is 11.4 Å². The third kappa shape index (κ3) is 4.25. The molecule has 1 N–H and O–H groups in total. The van der Waals surface area contributed by atoms with Crippen molar-refractivity contribution in [2.75, 3.05) is 25.4 Å². The minimum Gasteiger partial charge on any atom is -0.496 e. The van der Waals surface area contributed by atoms with E-state index in [1.54, 1.807) is 32.0 Å². The number of rotatable bonds is 7. The van der Waals surface area contributed by atoms with Gasteiger partial charge >= 0.3 is 7.75 Å². The molecule has 0 saturated heterocycles. The molecule has 0 spiro atoms. The van der Waals surface area contributed by atoms with Crippen LogP contribution in [0.3, 0.4) is 0 Å². The van der Waals surface area contributed by atoms with Crippen LogP contribution in [0.2, 0.25) is 0 Å². The van der Waals surface area contributed by atoms with E-state index >= 15 is 0 Å². The Kier molecular flexibility index (Phi) is 5.84. The number of hydrogen-bond donors (Lipinski definition) is 1. The first-order valence-corrected chi connectivity index (χ1v) is 7.35. The summed E-state index contributed by atoms with van der Waals surface area (Å²) < 4.78 is 27.8. The normalized spacial score (nSPS) is 10.8. The van der Waals surface area contributed by atoms with E-state index in [9.17, 15) is 4.57 Å². The number of ether oxygens (including phenoxy) is 1. The third-order valence-corrected chi connectivity index (χ3v) is 3.88. The van der Waals surface area contributed by atoms with Crippen molar-refractivity contribution >= 4 is 19.1 Å². The average molecular weight is 284 g/mol. The first-order valence-electron chi connectivity index (χ1n) is 5.81. The van der Waals surface area contributed by atoms with Crippen molar-refractivity contribution in [3.05, 3.63) is 29.6 Å². The fourth-order valence-corrected chi connectivity index (χ4v) is 2.79. The zero-order valence-electron chi connectivity index (χ0n) is 11.2. The molecule has 1 rings (SSSR count). The van der Waals surface area contributed by atoms with Gasteiger partial charge in [0, 0.05) is 0 Å². The quantitative estimate of drug-likeness (QED) is 0.609. The molecule has 0 fully saturated rings. The summed E-state index contributed by atoms with van der Waals surface area (Å²) in [5, 5.41) is 2.71. The van der Waals surface area contributed by atoms with Crippen molar-refractivity contribution in [1.29, 1.82) is 0 Å². The average Bonchev–Trinajstić information content (AvgIpc) is 2.39. The lowest BCUT2D eigenvalue weighted by Gasteiger charge is -2.20. The molecule has 0 amide bonds. The van der Waals surface area contributed by atoms with Crippen molar-refractivity contribution in [3.8, 4) is 5.75 Å². The van der Waals surface area contributed by atoms with E-state index in [0.717, 1.165) is 0 Å². The largest absolute Gasteiger partial charge is 0.496 e. The molecule has 0 aliphatic rings. The number of benzene rings is 1. The molecule has 0 aliphatic carbocycles. The van der Waals surface area contributed by atoms with Gasteiger partial charge < -0.3 is 4.74 Å². The van der Waals surface area contributed by atoms with Gasteiger partial charge in [0.05, 0.1) is 32.6 Å². The van der Waals surface area contributed by atoms with E-state index in [1.165, 1.54) is 7.11 Å². The maximum Gasteiger partial charge on any atom is 0.432 e. The summed E-state index contributed by atoms with van der Waals surface area (Å²) in [5.74, 6) is 0.410. The Labute approximate surface area is 113 Å². The lowest BCUT2D eigenvalue weighted by molar-refractivity contribution is 0.225. The van der Waals surface area contributed by atoms with Crippen LogP contribution in [0, 0.1) is 6.57 Å². The predicted octanol–water partition coefficient (Wildman–Crippen LogP) is 3.84. The van der Waals surface area contributed by atoms with Gasteiger partial charge in [-0.2, -0.15) is 0 Å². The molecule has 19 heavy (non-hydrogen) atoms. The van der Waals surface area contributed by atoms with E-state index in [2.05, 4.69) is 9.93 Å². The van der Waals surface area contributed by atoms with Crippen LogP contribution in [0.25, 0.3) is 4.85 Å². The van der Waals surface area contributed by atoms with E-state index in [4.69, 9.17) is 20.4 Å². The Morgan fingerprint density at radius 2 is 1.95 bits per heavy atom. The van der Waals surface area contributed by atoms with E-state index in [-0.39, 0.29) is 13.2 Å². The zero-order valence-corrected chi connectivity index (χ0v) is 12.1. The minimum absolute atomic E-state index is 0.257. The van der Waals surface area contributed by atoms with Gasteiger partial charge in [-0.15, -0.1) is 0 Å². The molecule has 0 aromatic heterocycles. The van der Waals surface area contributed by atoms with Crippen LogP contribution >= 0.6 is 7.75 Å². The van der Waals surface area contributed by atoms with Crippen LogP contribution in [0.15, 0.2) is 18.2 Å². The molecule has 104 valence electrons. The van der Waals surface area contributed by atoms with Crippen molar-refractivity contribution in [3.63, 3.8) is 0 Å². The molecule has 0 radical (unpaired) electrons. The van der Waals surface area contributed by atoms with Gasteiger partial charge in [-0.3, -0.25) is 14.1 Å².